The summed E-state index contributed by atoms with van der Waals surface area (Å²) in [5.41, 5.74) is 6.89. The lowest BCUT2D eigenvalue weighted by Gasteiger charge is -2.25. The predicted octanol–water partition coefficient (Wildman–Crippen LogP) is 6.77. The van der Waals surface area contributed by atoms with Crippen LogP contribution in [0.1, 0.15) is 68.6 Å². The largest absolute Gasteiger partial charge is 0.347 e. The third-order valence-electron chi connectivity index (χ3n) is 5.61. The monoisotopic (exact) mass is 400 g/mol. The van der Waals surface area contributed by atoms with Gasteiger partial charge in [-0.2, -0.15) is 0 Å². The number of nitrogens with zero attached hydrogens (tertiary/aromatic N) is 1. The summed E-state index contributed by atoms with van der Waals surface area (Å²) in [7, 11) is 0. The van der Waals surface area contributed by atoms with Crippen molar-refractivity contribution < 1.29 is 4.79 Å². The Balaban J connectivity index is 2.16. The molecule has 156 valence electrons. The van der Waals surface area contributed by atoms with Crippen LogP contribution in [0.25, 0.3) is 22.3 Å². The molecule has 1 heterocycles. The second kappa shape index (κ2) is 8.83. The summed E-state index contributed by atoms with van der Waals surface area (Å²) in [5, 5.41) is 3.17. The third kappa shape index (κ3) is 4.96. The molecule has 1 aromatic heterocycles. The van der Waals surface area contributed by atoms with Gasteiger partial charge in [0, 0.05) is 22.9 Å². The molecule has 0 aliphatic heterocycles. The Kier molecular flexibility index (Phi) is 6.40. The van der Waals surface area contributed by atoms with E-state index in [0.29, 0.717) is 11.5 Å². The van der Waals surface area contributed by atoms with E-state index in [0.717, 1.165) is 34.4 Å². The van der Waals surface area contributed by atoms with Gasteiger partial charge in [-0.15, -0.1) is 0 Å². The molecule has 0 fully saturated rings. The van der Waals surface area contributed by atoms with Gasteiger partial charge in [-0.05, 0) is 74.1 Å². The predicted molar refractivity (Wildman–Crippen MR) is 126 cm³/mol. The van der Waals surface area contributed by atoms with Crippen LogP contribution in [-0.2, 0) is 0 Å². The number of aryl methyl sites for hydroxylation is 1. The van der Waals surface area contributed by atoms with Gasteiger partial charge in [0.1, 0.15) is 0 Å². The van der Waals surface area contributed by atoms with Crippen LogP contribution in [0.15, 0.2) is 60.8 Å². The summed E-state index contributed by atoms with van der Waals surface area (Å²) in [6.45, 7) is 12.6. The van der Waals surface area contributed by atoms with Gasteiger partial charge in [-0.3, -0.25) is 9.78 Å². The maximum atomic E-state index is 13.1. The molecule has 0 bridgehead atoms. The minimum Gasteiger partial charge on any atom is -0.347 e. The zero-order valence-electron chi connectivity index (χ0n) is 18.9. The molecular weight excluding hydrogens is 368 g/mol. The molecule has 0 spiro atoms. The lowest BCUT2D eigenvalue weighted by molar-refractivity contribution is 0.0911. The maximum Gasteiger partial charge on any atom is 0.251 e. The van der Waals surface area contributed by atoms with Crippen LogP contribution in [0.3, 0.4) is 0 Å². The fourth-order valence-electron chi connectivity index (χ4n) is 3.42. The van der Waals surface area contributed by atoms with E-state index in [1.54, 1.807) is 0 Å². The van der Waals surface area contributed by atoms with Gasteiger partial charge in [-0.1, -0.05) is 56.7 Å². The molecule has 3 rings (SSSR count). The fourth-order valence-corrected chi connectivity index (χ4v) is 3.42. The van der Waals surface area contributed by atoms with Gasteiger partial charge in [0.2, 0.25) is 0 Å². The van der Waals surface area contributed by atoms with Crippen molar-refractivity contribution in [3.63, 3.8) is 0 Å². The van der Waals surface area contributed by atoms with Crippen LogP contribution < -0.4 is 5.32 Å². The van der Waals surface area contributed by atoms with Crippen molar-refractivity contribution in [1.82, 2.24) is 10.3 Å². The molecule has 1 amide bonds. The average Bonchev–Trinajstić information content (AvgIpc) is 2.73. The summed E-state index contributed by atoms with van der Waals surface area (Å²) in [5.74, 6) is 0.243. The van der Waals surface area contributed by atoms with Crippen molar-refractivity contribution >= 4 is 5.91 Å². The highest BCUT2D eigenvalue weighted by molar-refractivity contribution is 5.97. The van der Waals surface area contributed by atoms with Crippen molar-refractivity contribution in [2.45, 2.75) is 59.4 Å². The van der Waals surface area contributed by atoms with Crippen LogP contribution in [0.5, 0.6) is 0 Å². The molecule has 3 aromatic rings. The van der Waals surface area contributed by atoms with E-state index in [9.17, 15) is 4.79 Å². The average molecular weight is 401 g/mol. The summed E-state index contributed by atoms with van der Waals surface area (Å²) in [6.07, 6.45) is 2.70. The van der Waals surface area contributed by atoms with E-state index < -0.39 is 0 Å². The normalized spacial score (nSPS) is 11.6. The van der Waals surface area contributed by atoms with Gasteiger partial charge in [0.25, 0.3) is 5.91 Å². The Morgan fingerprint density at radius 1 is 1.00 bits per heavy atom. The number of pyridine rings is 1. The molecule has 0 aliphatic rings. The number of hydrogen-bond donors (Lipinski definition) is 1. The van der Waals surface area contributed by atoms with E-state index in [2.05, 4.69) is 74.4 Å². The van der Waals surface area contributed by atoms with Gasteiger partial charge in [0.15, 0.2) is 0 Å². The number of amides is 1. The van der Waals surface area contributed by atoms with Crippen LogP contribution in [0, 0.1) is 6.92 Å². The van der Waals surface area contributed by atoms with Crippen molar-refractivity contribution in [2.75, 3.05) is 0 Å². The number of aromatic nitrogens is 1. The van der Waals surface area contributed by atoms with Crippen molar-refractivity contribution in [3.05, 3.63) is 77.6 Å². The SMILES string of the molecule is CCC(C)(C)NC(=O)c1cc(-c2ccc(C)cc2)cc(-c2cccnc2C(C)C)c1. The highest BCUT2D eigenvalue weighted by Gasteiger charge is 2.20. The molecule has 0 saturated carbocycles. The standard InChI is InChI=1S/C27H32N2O/c1-7-27(5,6)29-26(30)23-16-21(20-12-10-19(4)11-13-20)15-22(17-23)24-9-8-14-28-25(24)18(2)3/h8-18H,7H2,1-6H3,(H,29,30). The van der Waals surface area contributed by atoms with Crippen LogP contribution in [0.4, 0.5) is 0 Å². The third-order valence-corrected chi connectivity index (χ3v) is 5.61. The van der Waals surface area contributed by atoms with Crippen LogP contribution in [-0.4, -0.2) is 16.4 Å². The van der Waals surface area contributed by atoms with E-state index in [-0.39, 0.29) is 11.4 Å². The molecule has 0 saturated heterocycles. The smallest absolute Gasteiger partial charge is 0.251 e. The lowest BCUT2D eigenvalue weighted by atomic mass is 9.92. The van der Waals surface area contributed by atoms with Gasteiger partial charge in [0.05, 0.1) is 5.69 Å². The van der Waals surface area contributed by atoms with Gasteiger partial charge in [-0.25, -0.2) is 0 Å². The van der Waals surface area contributed by atoms with Crippen molar-refractivity contribution in [2.24, 2.45) is 0 Å². The Morgan fingerprint density at radius 3 is 2.30 bits per heavy atom. The van der Waals surface area contributed by atoms with Gasteiger partial charge < -0.3 is 5.32 Å². The number of carbonyl (C=O) groups is 1. The molecule has 3 heteroatoms. The molecule has 30 heavy (non-hydrogen) atoms. The first kappa shape index (κ1) is 21.8. The molecule has 0 radical (unpaired) electrons. The maximum absolute atomic E-state index is 13.1. The second-order valence-electron chi connectivity index (χ2n) is 8.95. The van der Waals surface area contributed by atoms with Crippen LogP contribution in [0.2, 0.25) is 0 Å². The molecular formula is C27H32N2O. The highest BCUT2D eigenvalue weighted by atomic mass is 16.1. The Labute approximate surface area is 180 Å². The second-order valence-corrected chi connectivity index (χ2v) is 8.95. The molecule has 3 nitrogen and oxygen atoms in total. The van der Waals surface area contributed by atoms with Crippen molar-refractivity contribution in [1.29, 1.82) is 0 Å². The lowest BCUT2D eigenvalue weighted by Crippen LogP contribution is -2.42. The molecule has 0 unspecified atom stereocenters. The molecule has 2 aromatic carbocycles. The van der Waals surface area contributed by atoms with Crippen LogP contribution >= 0.6 is 0 Å². The fraction of sp³-hybridized carbons (Fsp3) is 0.333. The summed E-state index contributed by atoms with van der Waals surface area (Å²) in [6, 6.07) is 18.6. The van der Waals surface area contributed by atoms with Gasteiger partial charge >= 0.3 is 0 Å². The summed E-state index contributed by atoms with van der Waals surface area (Å²) < 4.78 is 0. The van der Waals surface area contributed by atoms with E-state index in [1.165, 1.54) is 5.56 Å². The topological polar surface area (TPSA) is 42.0 Å². The molecule has 1 N–H and O–H groups in total. The first-order valence-electron chi connectivity index (χ1n) is 10.7. The molecule has 0 atom stereocenters. The molecule has 0 aliphatic carbocycles. The number of nitrogens with one attached hydrogen (secondary N) is 1. The zero-order chi connectivity index (χ0) is 21.9. The number of hydrogen-bond acceptors (Lipinski definition) is 2. The van der Waals surface area contributed by atoms with E-state index >= 15 is 0 Å². The van der Waals surface area contributed by atoms with E-state index in [4.69, 9.17) is 0 Å². The summed E-state index contributed by atoms with van der Waals surface area (Å²) >= 11 is 0. The minimum absolute atomic E-state index is 0.0490. The number of carbonyl (C=O) groups excluding carboxylic acids is 1. The Morgan fingerprint density at radius 2 is 1.67 bits per heavy atom. The Hall–Kier alpha value is -2.94. The van der Waals surface area contributed by atoms with E-state index in [1.807, 2.05) is 38.2 Å². The number of rotatable bonds is 6. The van der Waals surface area contributed by atoms with Crippen molar-refractivity contribution in [3.8, 4) is 22.3 Å². The first-order valence-corrected chi connectivity index (χ1v) is 10.7. The Bertz CT molecular complexity index is 1030. The quantitative estimate of drug-likeness (QED) is 0.496. The summed E-state index contributed by atoms with van der Waals surface area (Å²) in [4.78, 5) is 17.7. The highest BCUT2D eigenvalue weighted by Crippen LogP contribution is 2.32. The minimum atomic E-state index is -0.255. The number of benzene rings is 2. The first-order chi connectivity index (χ1) is 14.2. The zero-order valence-corrected chi connectivity index (χ0v) is 18.9.